The van der Waals surface area contributed by atoms with Crippen molar-refractivity contribution in [2.24, 2.45) is 0 Å². The fraction of sp³-hybridized carbons (Fsp3) is 0.333. The summed E-state index contributed by atoms with van der Waals surface area (Å²) in [4.78, 5) is 17.9. The van der Waals surface area contributed by atoms with Crippen LogP contribution in [0, 0.1) is 5.82 Å². The summed E-state index contributed by atoms with van der Waals surface area (Å²) in [6.07, 6.45) is 3.46. The van der Waals surface area contributed by atoms with Gasteiger partial charge in [-0.3, -0.25) is 4.79 Å². The van der Waals surface area contributed by atoms with E-state index in [-0.39, 0.29) is 17.4 Å². The summed E-state index contributed by atoms with van der Waals surface area (Å²) in [7, 11) is 2.16. The molecular weight excluding hydrogens is 393 g/mol. The Morgan fingerprint density at radius 1 is 1.10 bits per heavy atom. The third kappa shape index (κ3) is 5.00. The average molecular weight is 422 g/mol. The Morgan fingerprint density at radius 3 is 2.58 bits per heavy atom. The maximum Gasteiger partial charge on any atom is 0.198 e. The zero-order chi connectivity index (χ0) is 21.8. The molecule has 1 aromatic heterocycles. The van der Waals surface area contributed by atoms with Crippen molar-refractivity contribution in [3.8, 4) is 5.69 Å². The number of benzene rings is 2. The van der Waals surface area contributed by atoms with Crippen molar-refractivity contribution in [1.29, 1.82) is 0 Å². The summed E-state index contributed by atoms with van der Waals surface area (Å²) in [6.45, 7) is 5.55. The molecule has 1 fully saturated rings. The lowest BCUT2D eigenvalue weighted by Crippen LogP contribution is -2.44. The first-order valence-corrected chi connectivity index (χ1v) is 10.7. The summed E-state index contributed by atoms with van der Waals surface area (Å²) in [5, 5.41) is 4.23. The van der Waals surface area contributed by atoms with Crippen LogP contribution >= 0.6 is 0 Å². The van der Waals surface area contributed by atoms with Crippen LogP contribution in [0.3, 0.4) is 0 Å². The van der Waals surface area contributed by atoms with Crippen LogP contribution in [-0.2, 0) is 6.42 Å². The van der Waals surface area contributed by atoms with Crippen molar-refractivity contribution < 1.29 is 9.18 Å². The molecular formula is C24H28FN5O. The number of aromatic nitrogens is 2. The minimum Gasteiger partial charge on any atom is -0.383 e. The van der Waals surface area contributed by atoms with E-state index < -0.39 is 0 Å². The van der Waals surface area contributed by atoms with E-state index in [4.69, 9.17) is 5.73 Å². The second-order valence-corrected chi connectivity index (χ2v) is 8.11. The van der Waals surface area contributed by atoms with Crippen molar-refractivity contribution in [1.82, 2.24) is 19.6 Å². The number of carbonyl (C=O) groups is 1. The Hall–Kier alpha value is -3.03. The van der Waals surface area contributed by atoms with Gasteiger partial charge in [-0.2, -0.15) is 5.10 Å². The standard InChI is InChI=1S/C24H28FN5O/c1-28-12-14-29(15-13-28)11-3-5-18-4-2-6-19(16-18)23(31)22-17-27-30(24(22)26)21-9-7-20(25)8-10-21/h2,4,6-10,16-17H,3,5,11-15,26H2,1H3. The van der Waals surface area contributed by atoms with Crippen molar-refractivity contribution in [3.05, 3.63) is 77.2 Å². The van der Waals surface area contributed by atoms with Crippen LogP contribution in [0.25, 0.3) is 5.69 Å². The van der Waals surface area contributed by atoms with Crippen LogP contribution in [0.2, 0.25) is 0 Å². The van der Waals surface area contributed by atoms with Crippen LogP contribution in [0.5, 0.6) is 0 Å². The molecule has 7 heteroatoms. The predicted molar refractivity (Wildman–Crippen MR) is 120 cm³/mol. The van der Waals surface area contributed by atoms with E-state index in [9.17, 15) is 9.18 Å². The monoisotopic (exact) mass is 421 g/mol. The number of nitrogen functional groups attached to an aromatic ring is 1. The molecule has 2 heterocycles. The number of nitrogens with two attached hydrogens (primary N) is 1. The molecule has 0 unspecified atom stereocenters. The minimum absolute atomic E-state index is 0.160. The minimum atomic E-state index is -0.338. The van der Waals surface area contributed by atoms with Gasteiger partial charge in [0.15, 0.2) is 5.78 Å². The third-order valence-corrected chi connectivity index (χ3v) is 5.85. The summed E-state index contributed by atoms with van der Waals surface area (Å²) in [5.41, 5.74) is 8.89. The third-order valence-electron chi connectivity index (χ3n) is 5.85. The van der Waals surface area contributed by atoms with Gasteiger partial charge in [0.25, 0.3) is 0 Å². The molecule has 2 N–H and O–H groups in total. The Labute approximate surface area is 182 Å². The second kappa shape index (κ2) is 9.41. The predicted octanol–water partition coefficient (Wildman–Crippen LogP) is 3.00. The molecule has 6 nitrogen and oxygen atoms in total. The number of hydrogen-bond acceptors (Lipinski definition) is 5. The van der Waals surface area contributed by atoms with Gasteiger partial charge in [-0.1, -0.05) is 18.2 Å². The highest BCUT2D eigenvalue weighted by atomic mass is 19.1. The number of carbonyl (C=O) groups excluding carboxylic acids is 1. The van der Waals surface area contributed by atoms with Gasteiger partial charge in [0, 0.05) is 31.7 Å². The first kappa shape index (κ1) is 21.2. The molecule has 0 amide bonds. The van der Waals surface area contributed by atoms with Crippen molar-refractivity contribution in [3.63, 3.8) is 0 Å². The molecule has 1 aliphatic heterocycles. The van der Waals surface area contributed by atoms with Gasteiger partial charge in [0.1, 0.15) is 11.6 Å². The molecule has 0 bridgehead atoms. The van der Waals surface area contributed by atoms with Crippen LogP contribution in [0.1, 0.15) is 27.9 Å². The summed E-state index contributed by atoms with van der Waals surface area (Å²) in [5.74, 6) is -0.251. The molecule has 1 saturated heterocycles. The van der Waals surface area contributed by atoms with Gasteiger partial charge in [0.2, 0.25) is 0 Å². The molecule has 3 aromatic rings. The zero-order valence-corrected chi connectivity index (χ0v) is 17.8. The summed E-state index contributed by atoms with van der Waals surface area (Å²) >= 11 is 0. The molecule has 0 radical (unpaired) electrons. The smallest absolute Gasteiger partial charge is 0.198 e. The number of hydrogen-bond donors (Lipinski definition) is 1. The highest BCUT2D eigenvalue weighted by molar-refractivity contribution is 6.11. The van der Waals surface area contributed by atoms with E-state index in [1.54, 1.807) is 18.2 Å². The first-order valence-electron chi connectivity index (χ1n) is 10.7. The molecule has 2 aromatic carbocycles. The maximum atomic E-state index is 13.2. The van der Waals surface area contributed by atoms with Gasteiger partial charge in [-0.15, -0.1) is 0 Å². The zero-order valence-electron chi connectivity index (χ0n) is 17.8. The van der Waals surface area contributed by atoms with Crippen LogP contribution < -0.4 is 5.73 Å². The van der Waals surface area contributed by atoms with Gasteiger partial charge in [-0.05, 0) is 62.3 Å². The Balaban J connectivity index is 1.42. The van der Waals surface area contributed by atoms with Gasteiger partial charge in [-0.25, -0.2) is 9.07 Å². The normalized spacial score (nSPS) is 15.3. The van der Waals surface area contributed by atoms with Crippen LogP contribution in [0.15, 0.2) is 54.7 Å². The maximum absolute atomic E-state index is 13.2. The number of nitrogens with zero attached hydrogens (tertiary/aromatic N) is 4. The molecule has 31 heavy (non-hydrogen) atoms. The number of piperazine rings is 1. The van der Waals surface area contributed by atoms with E-state index in [2.05, 4.69) is 28.0 Å². The molecule has 1 aliphatic rings. The highest BCUT2D eigenvalue weighted by Crippen LogP contribution is 2.21. The Kier molecular flexibility index (Phi) is 6.44. The van der Waals surface area contributed by atoms with E-state index in [0.717, 1.165) is 51.1 Å². The summed E-state index contributed by atoms with van der Waals surface area (Å²) in [6, 6.07) is 13.6. The SMILES string of the molecule is CN1CCN(CCCc2cccc(C(=O)c3cnn(-c4ccc(F)cc4)c3N)c2)CC1. The number of aryl methyl sites for hydroxylation is 1. The first-order chi connectivity index (χ1) is 15.0. The van der Waals surface area contributed by atoms with Crippen LogP contribution in [0.4, 0.5) is 10.2 Å². The van der Waals surface area contributed by atoms with Gasteiger partial charge >= 0.3 is 0 Å². The molecule has 4 rings (SSSR count). The number of likely N-dealkylation sites (N-methyl/N-ethyl adjacent to an activating group) is 1. The average Bonchev–Trinajstić information content (AvgIpc) is 3.16. The number of anilines is 1. The topological polar surface area (TPSA) is 67.4 Å². The number of rotatable bonds is 7. The molecule has 0 saturated carbocycles. The lowest BCUT2D eigenvalue weighted by molar-refractivity contribution is 0.103. The second-order valence-electron chi connectivity index (χ2n) is 8.11. The van der Waals surface area contributed by atoms with Gasteiger partial charge < -0.3 is 15.5 Å². The Morgan fingerprint density at radius 2 is 1.84 bits per heavy atom. The van der Waals surface area contributed by atoms with E-state index in [1.165, 1.54) is 23.0 Å². The van der Waals surface area contributed by atoms with Crippen molar-refractivity contribution in [2.75, 3.05) is 45.5 Å². The molecule has 0 spiro atoms. The Bertz CT molecular complexity index is 1040. The highest BCUT2D eigenvalue weighted by Gasteiger charge is 2.18. The fourth-order valence-electron chi connectivity index (χ4n) is 3.92. The van der Waals surface area contributed by atoms with E-state index in [0.29, 0.717) is 16.8 Å². The lowest BCUT2D eigenvalue weighted by Gasteiger charge is -2.32. The largest absolute Gasteiger partial charge is 0.383 e. The number of ketones is 1. The lowest BCUT2D eigenvalue weighted by atomic mass is 10.0. The van der Waals surface area contributed by atoms with Crippen molar-refractivity contribution >= 4 is 11.6 Å². The van der Waals surface area contributed by atoms with Crippen LogP contribution in [-0.4, -0.2) is 65.1 Å². The molecule has 0 atom stereocenters. The van der Waals surface area contributed by atoms with E-state index >= 15 is 0 Å². The van der Waals surface area contributed by atoms with Crippen molar-refractivity contribution in [2.45, 2.75) is 12.8 Å². The van der Waals surface area contributed by atoms with E-state index in [1.807, 2.05) is 12.1 Å². The number of halogens is 1. The molecule has 162 valence electrons. The summed E-state index contributed by atoms with van der Waals surface area (Å²) < 4.78 is 14.6. The fourth-order valence-corrected chi connectivity index (χ4v) is 3.92. The van der Waals surface area contributed by atoms with Gasteiger partial charge in [0.05, 0.1) is 17.4 Å². The quantitative estimate of drug-likeness (QED) is 0.594. The molecule has 0 aliphatic carbocycles.